The first-order valence-corrected chi connectivity index (χ1v) is 5.69. The molecule has 1 heterocycles. The number of amides is 1. The summed E-state index contributed by atoms with van der Waals surface area (Å²) < 4.78 is 1.72. The van der Waals surface area contributed by atoms with E-state index in [1.165, 1.54) is 0 Å². The normalized spacial score (nSPS) is 10.3. The number of nitrogens with zero attached hydrogens (tertiary/aromatic N) is 2. The Hall–Kier alpha value is -2.14. The van der Waals surface area contributed by atoms with Gasteiger partial charge in [-0.05, 0) is 17.7 Å². The Bertz CT molecular complexity index is 549. The lowest BCUT2D eigenvalue weighted by atomic mass is 10.1. The van der Waals surface area contributed by atoms with E-state index in [0.29, 0.717) is 5.56 Å². The van der Waals surface area contributed by atoms with Crippen LogP contribution < -0.4 is 5.32 Å². The minimum absolute atomic E-state index is 0.0615. The maximum Gasteiger partial charge on any atom is 0.251 e. The van der Waals surface area contributed by atoms with Crippen LogP contribution in [0.25, 0.3) is 11.1 Å². The summed E-state index contributed by atoms with van der Waals surface area (Å²) in [4.78, 5) is 11.7. The molecule has 0 aliphatic heterocycles. The number of aliphatic hydroxyl groups excluding tert-OH is 1. The van der Waals surface area contributed by atoms with Gasteiger partial charge in [-0.2, -0.15) is 5.10 Å². The number of carbonyl (C=O) groups excluding carboxylic acids is 1. The fourth-order valence-electron chi connectivity index (χ4n) is 1.68. The van der Waals surface area contributed by atoms with Crippen molar-refractivity contribution in [1.82, 2.24) is 15.1 Å². The summed E-state index contributed by atoms with van der Waals surface area (Å²) in [5.74, 6) is -0.185. The van der Waals surface area contributed by atoms with E-state index in [0.717, 1.165) is 11.1 Å². The van der Waals surface area contributed by atoms with Gasteiger partial charge in [-0.3, -0.25) is 9.48 Å². The molecule has 2 N–H and O–H groups in total. The van der Waals surface area contributed by atoms with Crippen LogP contribution >= 0.6 is 0 Å². The monoisotopic (exact) mass is 245 g/mol. The van der Waals surface area contributed by atoms with Crippen molar-refractivity contribution in [2.45, 2.75) is 0 Å². The SMILES string of the molecule is Cn1cc(-c2cccc(C(=O)NCCO)c2)cn1. The van der Waals surface area contributed by atoms with E-state index in [9.17, 15) is 4.79 Å². The molecule has 2 aromatic rings. The third-order valence-electron chi connectivity index (χ3n) is 2.56. The van der Waals surface area contributed by atoms with Crippen LogP contribution in [-0.4, -0.2) is 33.9 Å². The van der Waals surface area contributed by atoms with Gasteiger partial charge in [0.25, 0.3) is 5.91 Å². The predicted molar refractivity (Wildman–Crippen MR) is 68.1 cm³/mol. The Morgan fingerprint density at radius 1 is 1.44 bits per heavy atom. The van der Waals surface area contributed by atoms with Crippen molar-refractivity contribution in [1.29, 1.82) is 0 Å². The third kappa shape index (κ3) is 2.75. The smallest absolute Gasteiger partial charge is 0.251 e. The lowest BCUT2D eigenvalue weighted by Gasteiger charge is -2.04. The fourth-order valence-corrected chi connectivity index (χ4v) is 1.68. The van der Waals surface area contributed by atoms with Crippen molar-refractivity contribution >= 4 is 5.91 Å². The molecule has 1 amide bonds. The van der Waals surface area contributed by atoms with Crippen molar-refractivity contribution in [3.05, 3.63) is 42.2 Å². The molecule has 0 fully saturated rings. The van der Waals surface area contributed by atoms with E-state index < -0.39 is 0 Å². The molecule has 2 rings (SSSR count). The summed E-state index contributed by atoms with van der Waals surface area (Å²) in [6, 6.07) is 7.31. The molecule has 1 aromatic heterocycles. The van der Waals surface area contributed by atoms with Gasteiger partial charge < -0.3 is 10.4 Å². The standard InChI is InChI=1S/C13H15N3O2/c1-16-9-12(8-15-16)10-3-2-4-11(7-10)13(18)14-5-6-17/h2-4,7-9,17H,5-6H2,1H3,(H,14,18). The van der Waals surface area contributed by atoms with Crippen LogP contribution in [0.2, 0.25) is 0 Å². The first-order chi connectivity index (χ1) is 8.70. The number of aromatic nitrogens is 2. The van der Waals surface area contributed by atoms with Crippen LogP contribution in [0.4, 0.5) is 0 Å². The zero-order valence-electron chi connectivity index (χ0n) is 10.1. The molecule has 1 aromatic carbocycles. The Morgan fingerprint density at radius 2 is 2.28 bits per heavy atom. The molecule has 94 valence electrons. The number of aliphatic hydroxyl groups is 1. The Morgan fingerprint density at radius 3 is 2.94 bits per heavy atom. The van der Waals surface area contributed by atoms with E-state index >= 15 is 0 Å². The molecule has 0 radical (unpaired) electrons. The molecule has 0 aliphatic rings. The van der Waals surface area contributed by atoms with Gasteiger partial charge in [-0.25, -0.2) is 0 Å². The number of hydrogen-bond donors (Lipinski definition) is 2. The average molecular weight is 245 g/mol. The van der Waals surface area contributed by atoms with Crippen molar-refractivity contribution in [3.63, 3.8) is 0 Å². The van der Waals surface area contributed by atoms with Gasteiger partial charge in [0.05, 0.1) is 12.8 Å². The molecule has 0 atom stereocenters. The molecule has 0 saturated carbocycles. The van der Waals surface area contributed by atoms with Gasteiger partial charge >= 0.3 is 0 Å². The molecule has 5 nitrogen and oxygen atoms in total. The van der Waals surface area contributed by atoms with Gasteiger partial charge in [-0.15, -0.1) is 0 Å². The lowest BCUT2D eigenvalue weighted by molar-refractivity contribution is 0.0945. The van der Waals surface area contributed by atoms with E-state index in [1.807, 2.05) is 31.4 Å². The van der Waals surface area contributed by atoms with Crippen molar-refractivity contribution in [2.75, 3.05) is 13.2 Å². The molecule has 0 spiro atoms. The van der Waals surface area contributed by atoms with E-state index in [2.05, 4.69) is 10.4 Å². The molecule has 0 bridgehead atoms. The van der Waals surface area contributed by atoms with Crippen LogP contribution in [0, 0.1) is 0 Å². The van der Waals surface area contributed by atoms with E-state index in [4.69, 9.17) is 5.11 Å². The second kappa shape index (κ2) is 5.46. The topological polar surface area (TPSA) is 67.2 Å². The van der Waals surface area contributed by atoms with E-state index in [1.54, 1.807) is 16.9 Å². The maximum absolute atomic E-state index is 11.7. The molecule has 0 unspecified atom stereocenters. The highest BCUT2D eigenvalue weighted by Gasteiger charge is 2.07. The Labute approximate surface area is 105 Å². The summed E-state index contributed by atoms with van der Waals surface area (Å²) in [5.41, 5.74) is 2.49. The zero-order chi connectivity index (χ0) is 13.0. The summed E-state index contributed by atoms with van der Waals surface area (Å²) in [6.07, 6.45) is 3.65. The Kier molecular flexibility index (Phi) is 3.74. The van der Waals surface area contributed by atoms with Crippen molar-refractivity contribution in [2.24, 2.45) is 7.05 Å². The molecular formula is C13H15N3O2. The fraction of sp³-hybridized carbons (Fsp3) is 0.231. The van der Waals surface area contributed by atoms with Crippen LogP contribution in [0.15, 0.2) is 36.7 Å². The van der Waals surface area contributed by atoms with Crippen LogP contribution in [0.1, 0.15) is 10.4 Å². The zero-order valence-corrected chi connectivity index (χ0v) is 10.1. The summed E-state index contributed by atoms with van der Waals surface area (Å²) in [6.45, 7) is 0.198. The lowest BCUT2D eigenvalue weighted by Crippen LogP contribution is -2.26. The largest absolute Gasteiger partial charge is 0.395 e. The number of hydrogen-bond acceptors (Lipinski definition) is 3. The summed E-state index contributed by atoms with van der Waals surface area (Å²) in [5, 5.41) is 15.4. The second-order valence-corrected chi connectivity index (χ2v) is 3.96. The van der Waals surface area contributed by atoms with Gasteiger partial charge in [0, 0.05) is 30.9 Å². The van der Waals surface area contributed by atoms with Gasteiger partial charge in [-0.1, -0.05) is 12.1 Å². The highest BCUT2D eigenvalue weighted by molar-refractivity contribution is 5.95. The van der Waals surface area contributed by atoms with Crippen LogP contribution in [0.5, 0.6) is 0 Å². The highest BCUT2D eigenvalue weighted by Crippen LogP contribution is 2.19. The third-order valence-corrected chi connectivity index (χ3v) is 2.56. The van der Waals surface area contributed by atoms with Crippen molar-refractivity contribution < 1.29 is 9.90 Å². The van der Waals surface area contributed by atoms with Gasteiger partial charge in [0.15, 0.2) is 0 Å². The van der Waals surface area contributed by atoms with Gasteiger partial charge in [0.1, 0.15) is 0 Å². The minimum Gasteiger partial charge on any atom is -0.395 e. The predicted octanol–water partition coefficient (Wildman–Crippen LogP) is 0.809. The molecule has 0 aliphatic carbocycles. The molecule has 0 saturated heterocycles. The molecular weight excluding hydrogens is 230 g/mol. The highest BCUT2D eigenvalue weighted by atomic mass is 16.3. The van der Waals surface area contributed by atoms with Crippen LogP contribution in [-0.2, 0) is 7.05 Å². The number of benzene rings is 1. The number of aryl methyl sites for hydroxylation is 1. The first-order valence-electron chi connectivity index (χ1n) is 5.69. The molecule has 18 heavy (non-hydrogen) atoms. The van der Waals surface area contributed by atoms with Crippen LogP contribution in [0.3, 0.4) is 0 Å². The van der Waals surface area contributed by atoms with Crippen molar-refractivity contribution in [3.8, 4) is 11.1 Å². The van der Waals surface area contributed by atoms with Gasteiger partial charge in [0.2, 0.25) is 0 Å². The second-order valence-electron chi connectivity index (χ2n) is 3.96. The minimum atomic E-state index is -0.185. The Balaban J connectivity index is 2.22. The average Bonchev–Trinajstić information content (AvgIpc) is 2.83. The molecule has 5 heteroatoms. The number of rotatable bonds is 4. The number of nitrogens with one attached hydrogen (secondary N) is 1. The first kappa shape index (κ1) is 12.3. The summed E-state index contributed by atoms with van der Waals surface area (Å²) >= 11 is 0. The summed E-state index contributed by atoms with van der Waals surface area (Å²) in [7, 11) is 1.85. The quantitative estimate of drug-likeness (QED) is 0.837. The van der Waals surface area contributed by atoms with E-state index in [-0.39, 0.29) is 19.1 Å². The maximum atomic E-state index is 11.7. The number of carbonyl (C=O) groups is 1.